The van der Waals surface area contributed by atoms with E-state index in [1.165, 1.54) is 28.5 Å². The number of thiophene rings is 1. The van der Waals surface area contributed by atoms with Crippen LogP contribution in [0.15, 0.2) is 29.6 Å². The minimum atomic E-state index is -0.620. The maximum Gasteiger partial charge on any atom is 0.310 e. The summed E-state index contributed by atoms with van der Waals surface area (Å²) in [6.45, 7) is -0.403. The molecule has 1 heterocycles. The van der Waals surface area contributed by atoms with Gasteiger partial charge in [0.25, 0.3) is 11.8 Å². The standard InChI is InChI=1S/C18H18N2O4S/c19-17(23)14-6-7-25-18(14)20-15(21)10-24-16(22)9-11-4-5-12-2-1-3-13(12)8-11/h4-8H,1-3,9-10H2,(H2,19,23)(H,20,21). The van der Waals surface area contributed by atoms with E-state index in [9.17, 15) is 14.4 Å². The quantitative estimate of drug-likeness (QED) is 0.772. The summed E-state index contributed by atoms with van der Waals surface area (Å²) in [5.74, 6) is -1.59. The second kappa shape index (κ2) is 7.48. The van der Waals surface area contributed by atoms with Crippen molar-refractivity contribution in [2.45, 2.75) is 25.7 Å². The molecule has 3 N–H and O–H groups in total. The molecule has 130 valence electrons. The Morgan fingerprint density at radius 3 is 2.76 bits per heavy atom. The van der Waals surface area contributed by atoms with E-state index in [-0.39, 0.29) is 12.0 Å². The smallest absolute Gasteiger partial charge is 0.310 e. The van der Waals surface area contributed by atoms with Gasteiger partial charge in [0.05, 0.1) is 12.0 Å². The number of amides is 2. The predicted octanol–water partition coefficient (Wildman–Crippen LogP) is 2.06. The van der Waals surface area contributed by atoms with Gasteiger partial charge in [0.2, 0.25) is 0 Å². The molecule has 0 spiro atoms. The Morgan fingerprint density at radius 1 is 1.16 bits per heavy atom. The lowest BCUT2D eigenvalue weighted by Gasteiger charge is -2.07. The van der Waals surface area contributed by atoms with Crippen LogP contribution in [0.1, 0.15) is 33.5 Å². The van der Waals surface area contributed by atoms with Crippen molar-refractivity contribution in [3.63, 3.8) is 0 Å². The van der Waals surface area contributed by atoms with Crippen LogP contribution in [-0.2, 0) is 33.6 Å². The highest BCUT2D eigenvalue weighted by Crippen LogP contribution is 2.23. The third-order valence-electron chi connectivity index (χ3n) is 4.06. The normalized spacial score (nSPS) is 12.5. The van der Waals surface area contributed by atoms with Gasteiger partial charge < -0.3 is 15.8 Å². The van der Waals surface area contributed by atoms with Gasteiger partial charge in [-0.2, -0.15) is 0 Å². The summed E-state index contributed by atoms with van der Waals surface area (Å²) in [4.78, 5) is 35.0. The molecule has 0 aliphatic heterocycles. The number of fused-ring (bicyclic) bond motifs is 1. The van der Waals surface area contributed by atoms with E-state index in [0.29, 0.717) is 5.00 Å². The molecule has 1 aromatic heterocycles. The predicted molar refractivity (Wildman–Crippen MR) is 94.6 cm³/mol. The highest BCUT2D eigenvalue weighted by atomic mass is 32.1. The molecule has 1 aliphatic rings. The van der Waals surface area contributed by atoms with Crippen LogP contribution in [0.3, 0.4) is 0 Å². The molecule has 1 aromatic carbocycles. The number of hydrogen-bond donors (Lipinski definition) is 2. The summed E-state index contributed by atoms with van der Waals surface area (Å²) in [5, 5.41) is 4.53. The topological polar surface area (TPSA) is 98.5 Å². The van der Waals surface area contributed by atoms with Crippen LogP contribution in [0.5, 0.6) is 0 Å². The average molecular weight is 358 g/mol. The number of nitrogens with two attached hydrogens (primary N) is 1. The maximum atomic E-state index is 11.9. The zero-order chi connectivity index (χ0) is 17.8. The first-order valence-corrected chi connectivity index (χ1v) is 8.84. The molecule has 0 atom stereocenters. The molecule has 7 heteroatoms. The first-order valence-electron chi connectivity index (χ1n) is 7.96. The van der Waals surface area contributed by atoms with Crippen LogP contribution >= 0.6 is 11.3 Å². The van der Waals surface area contributed by atoms with Crippen molar-refractivity contribution in [2.75, 3.05) is 11.9 Å². The Kier molecular flexibility index (Phi) is 5.14. The molecule has 0 radical (unpaired) electrons. The second-order valence-corrected chi connectivity index (χ2v) is 6.79. The highest BCUT2D eigenvalue weighted by molar-refractivity contribution is 7.14. The van der Waals surface area contributed by atoms with E-state index >= 15 is 0 Å². The summed E-state index contributed by atoms with van der Waals surface area (Å²) in [7, 11) is 0. The number of hydrogen-bond acceptors (Lipinski definition) is 5. The summed E-state index contributed by atoms with van der Waals surface area (Å²) < 4.78 is 5.01. The molecular formula is C18H18N2O4S. The number of carbonyl (C=O) groups excluding carboxylic acids is 3. The van der Waals surface area contributed by atoms with Gasteiger partial charge in [0, 0.05) is 0 Å². The maximum absolute atomic E-state index is 11.9. The third kappa shape index (κ3) is 4.24. The Labute approximate surface area is 149 Å². The number of anilines is 1. The molecule has 0 bridgehead atoms. The number of nitrogens with one attached hydrogen (secondary N) is 1. The molecule has 1 aliphatic carbocycles. The van der Waals surface area contributed by atoms with Gasteiger partial charge >= 0.3 is 5.97 Å². The van der Waals surface area contributed by atoms with Crippen molar-refractivity contribution >= 4 is 34.1 Å². The highest BCUT2D eigenvalue weighted by Gasteiger charge is 2.15. The number of aryl methyl sites for hydroxylation is 2. The van der Waals surface area contributed by atoms with Crippen LogP contribution in [0.4, 0.5) is 5.00 Å². The third-order valence-corrected chi connectivity index (χ3v) is 4.89. The monoisotopic (exact) mass is 358 g/mol. The lowest BCUT2D eigenvalue weighted by Crippen LogP contribution is -2.22. The first-order chi connectivity index (χ1) is 12.0. The lowest BCUT2D eigenvalue weighted by molar-refractivity contribution is -0.146. The molecule has 2 amide bonds. The largest absolute Gasteiger partial charge is 0.455 e. The minimum absolute atomic E-state index is 0.131. The summed E-state index contributed by atoms with van der Waals surface area (Å²) in [6.07, 6.45) is 3.42. The van der Waals surface area contributed by atoms with E-state index in [1.54, 1.807) is 5.38 Å². The Hall–Kier alpha value is -2.67. The van der Waals surface area contributed by atoms with Crippen molar-refractivity contribution in [1.82, 2.24) is 0 Å². The molecule has 0 unspecified atom stereocenters. The van der Waals surface area contributed by atoms with Gasteiger partial charge in [-0.25, -0.2) is 0 Å². The van der Waals surface area contributed by atoms with E-state index in [4.69, 9.17) is 10.5 Å². The Bertz CT molecular complexity index is 828. The van der Waals surface area contributed by atoms with Crippen LogP contribution in [0.25, 0.3) is 0 Å². The van der Waals surface area contributed by atoms with Gasteiger partial charge in [-0.3, -0.25) is 14.4 Å². The fourth-order valence-corrected chi connectivity index (χ4v) is 3.67. The summed E-state index contributed by atoms with van der Waals surface area (Å²) in [6, 6.07) is 7.55. The van der Waals surface area contributed by atoms with Gasteiger partial charge in [-0.15, -0.1) is 11.3 Å². The number of benzene rings is 1. The Morgan fingerprint density at radius 2 is 1.96 bits per heavy atom. The van der Waals surface area contributed by atoms with Crippen LogP contribution < -0.4 is 11.1 Å². The van der Waals surface area contributed by atoms with Crippen LogP contribution in [-0.4, -0.2) is 24.4 Å². The summed E-state index contributed by atoms with van der Waals surface area (Å²) >= 11 is 1.18. The van der Waals surface area contributed by atoms with E-state index in [2.05, 4.69) is 11.4 Å². The van der Waals surface area contributed by atoms with Crippen molar-refractivity contribution < 1.29 is 19.1 Å². The molecule has 0 saturated carbocycles. The van der Waals surface area contributed by atoms with Gasteiger partial charge in [-0.05, 0) is 47.4 Å². The number of esters is 1. The van der Waals surface area contributed by atoms with Gasteiger partial charge in [0.1, 0.15) is 5.00 Å². The van der Waals surface area contributed by atoms with Gasteiger partial charge in [0.15, 0.2) is 6.61 Å². The van der Waals surface area contributed by atoms with Crippen LogP contribution in [0.2, 0.25) is 0 Å². The number of carbonyl (C=O) groups is 3. The van der Waals surface area contributed by atoms with E-state index in [0.717, 1.165) is 24.8 Å². The Balaban J connectivity index is 1.49. The second-order valence-electron chi connectivity index (χ2n) is 5.87. The van der Waals surface area contributed by atoms with Crippen molar-refractivity contribution in [2.24, 2.45) is 5.73 Å². The SMILES string of the molecule is NC(=O)c1ccsc1NC(=O)COC(=O)Cc1ccc2c(c1)CCC2. The number of ether oxygens (including phenoxy) is 1. The zero-order valence-electron chi connectivity index (χ0n) is 13.5. The molecule has 2 aromatic rings. The molecule has 0 fully saturated rings. The molecule has 25 heavy (non-hydrogen) atoms. The number of rotatable bonds is 6. The fourth-order valence-electron chi connectivity index (χ4n) is 2.86. The lowest BCUT2D eigenvalue weighted by atomic mass is 10.0. The van der Waals surface area contributed by atoms with Crippen molar-refractivity contribution in [1.29, 1.82) is 0 Å². The fraction of sp³-hybridized carbons (Fsp3) is 0.278. The summed E-state index contributed by atoms with van der Waals surface area (Å²) in [5.41, 5.74) is 8.98. The van der Waals surface area contributed by atoms with Gasteiger partial charge in [-0.1, -0.05) is 18.2 Å². The van der Waals surface area contributed by atoms with E-state index in [1.807, 2.05) is 12.1 Å². The van der Waals surface area contributed by atoms with Crippen molar-refractivity contribution in [3.8, 4) is 0 Å². The molecule has 6 nitrogen and oxygen atoms in total. The molecular weight excluding hydrogens is 340 g/mol. The van der Waals surface area contributed by atoms with E-state index < -0.39 is 24.4 Å². The average Bonchev–Trinajstić information content (AvgIpc) is 3.21. The van der Waals surface area contributed by atoms with Crippen molar-refractivity contribution in [3.05, 3.63) is 51.9 Å². The molecule has 0 saturated heterocycles. The zero-order valence-corrected chi connectivity index (χ0v) is 14.4. The number of primary amides is 1. The first kappa shape index (κ1) is 17.2. The van der Waals surface area contributed by atoms with Crippen LogP contribution in [0, 0.1) is 0 Å². The minimum Gasteiger partial charge on any atom is -0.455 e. The molecule has 3 rings (SSSR count).